The summed E-state index contributed by atoms with van der Waals surface area (Å²) in [6, 6.07) is 12.2. The summed E-state index contributed by atoms with van der Waals surface area (Å²) >= 11 is 0. The first-order valence-electron chi connectivity index (χ1n) is 15.2. The summed E-state index contributed by atoms with van der Waals surface area (Å²) in [5.41, 5.74) is 5.47. The largest absolute Gasteiger partial charge is 2.00 e. The van der Waals surface area contributed by atoms with Crippen molar-refractivity contribution in [2.45, 2.75) is 0 Å². The van der Waals surface area contributed by atoms with Crippen molar-refractivity contribution in [1.82, 2.24) is 48.2 Å². The molecule has 0 N–H and O–H groups in total. The van der Waals surface area contributed by atoms with E-state index in [4.69, 9.17) is 18.8 Å². The number of imidazole rings is 4. The van der Waals surface area contributed by atoms with E-state index >= 15 is 0 Å². The number of benzene rings is 2. The number of furan rings is 2. The molecule has 12 nitrogen and oxygen atoms in total. The van der Waals surface area contributed by atoms with Crippen LogP contribution < -0.4 is 9.97 Å². The van der Waals surface area contributed by atoms with Crippen molar-refractivity contribution in [3.63, 3.8) is 0 Å². The number of rotatable bonds is 4. The number of aryl methyl sites for hydroxylation is 4. The van der Waals surface area contributed by atoms with E-state index in [-0.39, 0.29) is 42.1 Å². The molecule has 8 aromatic heterocycles. The molecule has 252 valence electrons. The van der Waals surface area contributed by atoms with Crippen LogP contribution in [0.15, 0.2) is 94.9 Å². The van der Waals surface area contributed by atoms with E-state index in [1.807, 2.05) is 89.3 Å². The first kappa shape index (κ1) is 33.3. The second-order valence-electron chi connectivity index (χ2n) is 11.6. The van der Waals surface area contributed by atoms with Gasteiger partial charge in [0.15, 0.2) is 11.6 Å². The Balaban J connectivity index is 0.000000151. The Kier molecular flexibility index (Phi) is 8.62. The average Bonchev–Trinajstić information content (AvgIpc) is 3.92. The van der Waals surface area contributed by atoms with Crippen molar-refractivity contribution < 1.29 is 51.0 Å². The van der Waals surface area contributed by atoms with Crippen LogP contribution in [-0.4, -0.2) is 38.2 Å². The quantitative estimate of drug-likeness (QED) is 0.189. The normalized spacial score (nSPS) is 11.3. The van der Waals surface area contributed by atoms with Crippen LogP contribution in [-0.2, 0) is 70.3 Å². The number of fused-ring (bicyclic) bond motifs is 6. The first-order chi connectivity index (χ1) is 23.5. The van der Waals surface area contributed by atoms with Crippen LogP contribution >= 0.6 is 0 Å². The van der Waals surface area contributed by atoms with Crippen LogP contribution in [0.1, 0.15) is 0 Å². The Bertz CT molecular complexity index is 2570. The maximum Gasteiger partial charge on any atom is 2.00 e. The van der Waals surface area contributed by atoms with E-state index in [1.165, 1.54) is 0 Å². The summed E-state index contributed by atoms with van der Waals surface area (Å²) in [6.45, 7) is 0. The minimum Gasteiger partial charge on any atom is -0.654 e. The van der Waals surface area contributed by atoms with E-state index in [0.717, 1.165) is 72.2 Å². The summed E-state index contributed by atoms with van der Waals surface area (Å²) in [7, 11) is 7.78. The van der Waals surface area contributed by atoms with Gasteiger partial charge in [-0.05, 0) is 30.7 Å². The van der Waals surface area contributed by atoms with Crippen LogP contribution in [0.5, 0.6) is 0 Å². The number of nitrogens with zero attached hydrogens (tertiary/aromatic N) is 10. The van der Waals surface area contributed by atoms with Crippen LogP contribution in [0.4, 0.5) is 0 Å². The zero-order chi connectivity index (χ0) is 32.5. The van der Waals surface area contributed by atoms with Crippen molar-refractivity contribution >= 4 is 43.6 Å². The molecule has 0 spiro atoms. The SMILES string of the molecule is Cn1c[c-]nc1-c1cccc2c1[n-]c1c(-c3nccn3C)occ12.Cn1ccnc1-c1cccc2c1[n-]c1c(-c3n[c-]cn3C)occ12.[Pt+2].[Pt+2]. The Hall–Kier alpha value is -5.18. The van der Waals surface area contributed by atoms with Gasteiger partial charge in [0.05, 0.1) is 18.3 Å². The second kappa shape index (κ2) is 12.9. The molecule has 50 heavy (non-hydrogen) atoms. The Morgan fingerprint density at radius 3 is 1.50 bits per heavy atom. The first-order valence-corrected chi connectivity index (χ1v) is 15.2. The Morgan fingerprint density at radius 1 is 0.540 bits per heavy atom. The third-order valence-corrected chi connectivity index (χ3v) is 8.67. The number of hydrogen-bond donors (Lipinski definition) is 0. The van der Waals surface area contributed by atoms with Gasteiger partial charge in [0.2, 0.25) is 0 Å². The molecule has 0 aliphatic carbocycles. The standard InChI is InChI=1S/2C18H13N5O.2Pt/c2*1-22-8-6-19-17(22)12-5-3-4-11-13-10-24-16(15(13)21-14(11)12)18-20-7-9-23(18)2;;/h3-5,7-10H,1-2H3;3-6,8-10H,1-2H3;;/q2*-2;2*+2. The minimum atomic E-state index is 0. The monoisotopic (exact) mass is 1020 g/mol. The van der Waals surface area contributed by atoms with Gasteiger partial charge in [0.25, 0.3) is 0 Å². The van der Waals surface area contributed by atoms with Gasteiger partial charge in [0.1, 0.15) is 5.82 Å². The van der Waals surface area contributed by atoms with Crippen molar-refractivity contribution in [1.29, 1.82) is 0 Å². The van der Waals surface area contributed by atoms with Crippen molar-refractivity contribution in [3.8, 4) is 45.9 Å². The summed E-state index contributed by atoms with van der Waals surface area (Å²) in [5, 5.41) is 4.08. The molecule has 10 rings (SSSR count). The Labute approximate surface area is 313 Å². The molecule has 0 amide bonds. The minimum absolute atomic E-state index is 0. The molecule has 0 saturated carbocycles. The van der Waals surface area contributed by atoms with E-state index in [1.54, 1.807) is 31.1 Å². The predicted octanol–water partition coefficient (Wildman–Crippen LogP) is 6.28. The molecule has 10 aromatic rings. The van der Waals surface area contributed by atoms with E-state index in [0.29, 0.717) is 17.3 Å². The van der Waals surface area contributed by atoms with Gasteiger partial charge in [-0.2, -0.15) is 0 Å². The molecule has 8 heterocycles. The summed E-state index contributed by atoms with van der Waals surface area (Å²) in [4.78, 5) is 27.1. The van der Waals surface area contributed by atoms with Crippen LogP contribution in [0.25, 0.3) is 89.6 Å². The molecule has 0 aliphatic heterocycles. The maximum atomic E-state index is 5.77. The molecule has 0 unspecified atom stereocenters. The molecule has 2 aromatic carbocycles. The molecule has 0 atom stereocenters. The zero-order valence-electron chi connectivity index (χ0n) is 27.0. The molecule has 0 fully saturated rings. The number of aromatic nitrogens is 10. The van der Waals surface area contributed by atoms with Gasteiger partial charge in [-0.25, -0.2) is 9.97 Å². The van der Waals surface area contributed by atoms with Gasteiger partial charge in [-0.15, -0.1) is 23.4 Å². The molecule has 0 radical (unpaired) electrons. The molecule has 0 bridgehead atoms. The molecule has 14 heteroatoms. The van der Waals surface area contributed by atoms with Crippen LogP contribution in [0, 0.1) is 12.4 Å². The van der Waals surface area contributed by atoms with Crippen molar-refractivity contribution in [2.24, 2.45) is 28.2 Å². The van der Waals surface area contributed by atoms with Crippen molar-refractivity contribution in [3.05, 3.63) is 98.5 Å². The van der Waals surface area contributed by atoms with E-state index < -0.39 is 0 Å². The zero-order valence-corrected chi connectivity index (χ0v) is 31.5. The van der Waals surface area contributed by atoms with Crippen LogP contribution in [0.2, 0.25) is 0 Å². The third-order valence-electron chi connectivity index (χ3n) is 8.67. The fourth-order valence-electron chi connectivity index (χ4n) is 6.28. The summed E-state index contributed by atoms with van der Waals surface area (Å²) in [6.07, 6.45) is 20.2. The number of para-hydroxylation sites is 2. The fourth-order valence-corrected chi connectivity index (χ4v) is 6.28. The molecule has 0 aliphatic rings. The Morgan fingerprint density at radius 2 is 1.02 bits per heavy atom. The van der Waals surface area contributed by atoms with Crippen LogP contribution in [0.3, 0.4) is 0 Å². The maximum absolute atomic E-state index is 5.77. The molecular weight excluding hydrogens is 995 g/mol. The summed E-state index contributed by atoms with van der Waals surface area (Å²) in [5.74, 6) is 4.56. The number of hydrogen-bond acceptors (Lipinski definition) is 6. The third kappa shape index (κ3) is 5.13. The van der Waals surface area contributed by atoms with Crippen molar-refractivity contribution in [2.75, 3.05) is 0 Å². The topological polar surface area (TPSA) is 126 Å². The smallest absolute Gasteiger partial charge is 0.654 e. The van der Waals surface area contributed by atoms with Gasteiger partial charge < -0.3 is 47.0 Å². The van der Waals surface area contributed by atoms with E-state index in [9.17, 15) is 0 Å². The fraction of sp³-hybridized carbons (Fsp3) is 0.111. The van der Waals surface area contributed by atoms with Gasteiger partial charge in [-0.3, -0.25) is 0 Å². The predicted molar refractivity (Wildman–Crippen MR) is 181 cm³/mol. The van der Waals surface area contributed by atoms with Gasteiger partial charge in [0, 0.05) is 61.0 Å². The molecule has 0 saturated heterocycles. The average molecular weight is 1020 g/mol. The summed E-state index contributed by atoms with van der Waals surface area (Å²) < 4.78 is 19.3. The second-order valence-corrected chi connectivity index (χ2v) is 11.6. The van der Waals surface area contributed by atoms with Gasteiger partial charge >= 0.3 is 42.1 Å². The molecular formula is C36H26N10O2Pt2. The van der Waals surface area contributed by atoms with E-state index in [2.05, 4.69) is 44.5 Å². The van der Waals surface area contributed by atoms with Gasteiger partial charge in [-0.1, -0.05) is 65.4 Å².